The second-order valence-electron chi connectivity index (χ2n) is 8.06. The monoisotopic (exact) mass is 539 g/mol. The summed E-state index contributed by atoms with van der Waals surface area (Å²) >= 11 is 1.13. The maximum atomic E-state index is 12.6. The lowest BCUT2D eigenvalue weighted by Crippen LogP contribution is -2.21. The standard InChI is InChI=1S/C23H21N7O7S/c1-28(2)13-3-5-15(26-27-23-25-16-6-4-14(30(35)36)12-18(16)38-23)17(11-13)24-19(31)7-10-22(34)37-29-20(32)8-9-21(29)33/h3-6,8-9,11-12,32-33H,7,10H2,1-2H3,(H,24,31). The molecule has 0 radical (unpaired) electrons. The number of nitrogens with zero attached hydrogens (tertiary/aromatic N) is 6. The Kier molecular flexibility index (Phi) is 7.48. The molecule has 0 aliphatic rings. The van der Waals surface area contributed by atoms with Gasteiger partial charge in [0.15, 0.2) is 0 Å². The van der Waals surface area contributed by atoms with Gasteiger partial charge in [0.2, 0.25) is 22.8 Å². The Balaban J connectivity index is 1.48. The number of aromatic nitrogens is 2. The highest BCUT2D eigenvalue weighted by atomic mass is 32.1. The Morgan fingerprint density at radius 3 is 2.53 bits per heavy atom. The molecule has 4 aromatic rings. The Hall–Kier alpha value is -5.05. The van der Waals surface area contributed by atoms with Crippen LogP contribution in [0.5, 0.6) is 11.8 Å². The normalized spacial score (nSPS) is 11.1. The van der Waals surface area contributed by atoms with Gasteiger partial charge in [0.05, 0.1) is 27.2 Å². The van der Waals surface area contributed by atoms with Gasteiger partial charge in [-0.25, -0.2) is 9.78 Å². The lowest BCUT2D eigenvalue weighted by molar-refractivity contribution is -0.384. The van der Waals surface area contributed by atoms with Crippen LogP contribution < -0.4 is 15.1 Å². The summed E-state index contributed by atoms with van der Waals surface area (Å²) in [4.78, 5) is 46.1. The molecule has 2 aromatic heterocycles. The van der Waals surface area contributed by atoms with Crippen molar-refractivity contribution >= 4 is 61.3 Å². The number of rotatable bonds is 9. The first-order valence-corrected chi connectivity index (χ1v) is 11.8. The minimum Gasteiger partial charge on any atom is -0.492 e. The number of benzene rings is 2. The van der Waals surface area contributed by atoms with Crippen LogP contribution in [-0.2, 0) is 9.59 Å². The van der Waals surface area contributed by atoms with Crippen molar-refractivity contribution < 1.29 is 29.6 Å². The van der Waals surface area contributed by atoms with Gasteiger partial charge in [-0.05, 0) is 24.3 Å². The molecule has 0 aliphatic heterocycles. The number of nitro benzene ring substituents is 1. The van der Waals surface area contributed by atoms with Gasteiger partial charge in [-0.2, -0.15) is 0 Å². The Bertz CT molecular complexity index is 1540. The maximum Gasteiger partial charge on any atom is 0.333 e. The first-order valence-electron chi connectivity index (χ1n) is 11.0. The molecule has 0 unspecified atom stereocenters. The topological polar surface area (TPSA) is 185 Å². The average Bonchev–Trinajstić information content (AvgIpc) is 3.43. The fourth-order valence-electron chi connectivity index (χ4n) is 3.21. The van der Waals surface area contributed by atoms with Gasteiger partial charge < -0.3 is 25.3 Å². The van der Waals surface area contributed by atoms with E-state index in [1.165, 1.54) is 18.2 Å². The van der Waals surface area contributed by atoms with E-state index in [0.717, 1.165) is 29.2 Å². The molecule has 1 amide bonds. The number of non-ortho nitro benzene ring substituents is 1. The third kappa shape index (κ3) is 6.01. The van der Waals surface area contributed by atoms with Crippen LogP contribution in [0.2, 0.25) is 0 Å². The summed E-state index contributed by atoms with van der Waals surface area (Å²) in [5.41, 5.74) is 1.90. The zero-order chi connectivity index (χ0) is 27.4. The summed E-state index contributed by atoms with van der Waals surface area (Å²) in [6.45, 7) is 0. The minimum absolute atomic E-state index is 0.0558. The molecule has 4 rings (SSSR count). The number of aromatic hydroxyl groups is 2. The number of fused-ring (bicyclic) bond motifs is 1. The highest BCUT2D eigenvalue weighted by Crippen LogP contribution is 2.34. The molecule has 2 heterocycles. The molecular weight excluding hydrogens is 518 g/mol. The molecule has 0 saturated heterocycles. The maximum absolute atomic E-state index is 12.6. The second-order valence-corrected chi connectivity index (χ2v) is 9.07. The largest absolute Gasteiger partial charge is 0.492 e. The van der Waals surface area contributed by atoms with Gasteiger partial charge in [0, 0.05) is 50.5 Å². The van der Waals surface area contributed by atoms with Crippen LogP contribution in [0.15, 0.2) is 58.8 Å². The van der Waals surface area contributed by atoms with Crippen molar-refractivity contribution in [1.82, 2.24) is 9.71 Å². The van der Waals surface area contributed by atoms with Gasteiger partial charge in [0.1, 0.15) is 5.69 Å². The van der Waals surface area contributed by atoms with Crippen molar-refractivity contribution in [3.63, 3.8) is 0 Å². The molecule has 15 heteroatoms. The molecule has 3 N–H and O–H groups in total. The number of thiazole rings is 1. The molecule has 196 valence electrons. The fourth-order valence-corrected chi connectivity index (χ4v) is 4.04. The highest BCUT2D eigenvalue weighted by molar-refractivity contribution is 7.21. The number of carbonyl (C=O) groups is 2. The van der Waals surface area contributed by atoms with Gasteiger partial charge in [-0.1, -0.05) is 11.3 Å². The number of azo groups is 1. The van der Waals surface area contributed by atoms with E-state index in [1.807, 2.05) is 19.0 Å². The predicted octanol–water partition coefficient (Wildman–Crippen LogP) is 4.27. The van der Waals surface area contributed by atoms with Crippen molar-refractivity contribution in [3.8, 4) is 11.8 Å². The molecule has 0 saturated carbocycles. The number of hydrogen-bond donors (Lipinski definition) is 3. The van der Waals surface area contributed by atoms with Crippen LogP contribution in [0.4, 0.5) is 27.9 Å². The number of amides is 1. The SMILES string of the molecule is CN(C)c1ccc(N=Nc2nc3ccc([N+](=O)[O-])cc3s2)c(NC(=O)CCC(=O)On2c(O)ccc2O)c1. The summed E-state index contributed by atoms with van der Waals surface area (Å²) in [5, 5.41) is 41.4. The first kappa shape index (κ1) is 26.0. The van der Waals surface area contributed by atoms with E-state index in [1.54, 1.807) is 18.2 Å². The molecule has 38 heavy (non-hydrogen) atoms. The van der Waals surface area contributed by atoms with E-state index in [-0.39, 0.29) is 23.7 Å². The van der Waals surface area contributed by atoms with Crippen molar-refractivity contribution in [3.05, 3.63) is 58.6 Å². The molecular formula is C23H21N7O7S. The lowest BCUT2D eigenvalue weighted by atomic mass is 10.2. The quantitative estimate of drug-likeness (QED) is 0.159. The molecule has 14 nitrogen and oxygen atoms in total. The minimum atomic E-state index is -0.847. The second kappa shape index (κ2) is 10.9. The molecule has 0 fully saturated rings. The molecule has 0 atom stereocenters. The van der Waals surface area contributed by atoms with Crippen LogP contribution >= 0.6 is 11.3 Å². The van der Waals surface area contributed by atoms with Crippen molar-refractivity contribution in [1.29, 1.82) is 0 Å². The van der Waals surface area contributed by atoms with Crippen molar-refractivity contribution in [2.45, 2.75) is 12.8 Å². The van der Waals surface area contributed by atoms with E-state index in [2.05, 4.69) is 20.5 Å². The zero-order valence-electron chi connectivity index (χ0n) is 20.1. The number of nitrogens with one attached hydrogen (secondary N) is 1. The summed E-state index contributed by atoms with van der Waals surface area (Å²) in [5.74, 6) is -2.30. The highest BCUT2D eigenvalue weighted by Gasteiger charge is 2.16. The molecule has 0 spiro atoms. The summed E-state index contributed by atoms with van der Waals surface area (Å²) in [7, 11) is 3.65. The van der Waals surface area contributed by atoms with Crippen molar-refractivity contribution in [2.75, 3.05) is 24.3 Å². The van der Waals surface area contributed by atoms with Gasteiger partial charge in [-0.3, -0.25) is 14.9 Å². The number of anilines is 2. The third-order valence-corrected chi connectivity index (χ3v) is 6.03. The van der Waals surface area contributed by atoms with E-state index >= 15 is 0 Å². The Morgan fingerprint density at radius 1 is 1.11 bits per heavy atom. The number of hydrogen-bond acceptors (Lipinski definition) is 12. The van der Waals surface area contributed by atoms with E-state index in [4.69, 9.17) is 4.84 Å². The Labute approximate surface area is 218 Å². The van der Waals surface area contributed by atoms with Crippen LogP contribution in [-0.4, -0.2) is 50.8 Å². The zero-order valence-corrected chi connectivity index (χ0v) is 20.9. The summed E-state index contributed by atoms with van der Waals surface area (Å²) in [6.07, 6.45) is -0.577. The van der Waals surface area contributed by atoms with Gasteiger partial charge >= 0.3 is 5.97 Å². The van der Waals surface area contributed by atoms with E-state index < -0.39 is 28.6 Å². The lowest BCUT2D eigenvalue weighted by Gasteiger charge is -2.15. The van der Waals surface area contributed by atoms with Gasteiger partial charge in [0.25, 0.3) is 5.69 Å². The van der Waals surface area contributed by atoms with Crippen LogP contribution in [0.3, 0.4) is 0 Å². The summed E-state index contributed by atoms with van der Waals surface area (Å²) < 4.78 is 1.12. The number of nitro groups is 1. The molecule has 0 aliphatic carbocycles. The van der Waals surface area contributed by atoms with Crippen LogP contribution in [0, 0.1) is 10.1 Å². The molecule has 2 aromatic carbocycles. The summed E-state index contributed by atoms with van der Waals surface area (Å²) in [6, 6.07) is 11.7. The van der Waals surface area contributed by atoms with Crippen molar-refractivity contribution in [2.24, 2.45) is 10.2 Å². The Morgan fingerprint density at radius 2 is 1.84 bits per heavy atom. The molecule has 0 bridgehead atoms. The van der Waals surface area contributed by atoms with Gasteiger partial charge in [-0.15, -0.1) is 15.0 Å². The van der Waals surface area contributed by atoms with E-state index in [9.17, 15) is 29.9 Å². The van der Waals surface area contributed by atoms with Crippen LogP contribution in [0.25, 0.3) is 10.2 Å². The van der Waals surface area contributed by atoms with E-state index in [0.29, 0.717) is 26.3 Å². The first-order chi connectivity index (χ1) is 18.1. The average molecular weight is 540 g/mol. The fraction of sp³-hybridized carbons (Fsp3) is 0.174. The number of carbonyl (C=O) groups excluding carboxylic acids is 2. The van der Waals surface area contributed by atoms with Crippen LogP contribution in [0.1, 0.15) is 12.8 Å². The smallest absolute Gasteiger partial charge is 0.333 e. The third-order valence-electron chi connectivity index (χ3n) is 5.13. The predicted molar refractivity (Wildman–Crippen MR) is 138 cm³/mol.